The Kier molecular flexibility index (Phi) is 4.80. The van der Waals surface area contributed by atoms with E-state index in [1.165, 1.54) is 0 Å². The van der Waals surface area contributed by atoms with E-state index in [4.69, 9.17) is 15.2 Å². The summed E-state index contributed by atoms with van der Waals surface area (Å²) >= 11 is 0. The Morgan fingerprint density at radius 3 is 2.58 bits per heavy atom. The van der Waals surface area contributed by atoms with E-state index in [1.54, 1.807) is 12.4 Å². The second kappa shape index (κ2) is 7.54. The number of hydrogen-bond donors (Lipinski definition) is 1. The first-order valence-electron chi connectivity index (χ1n) is 8.83. The summed E-state index contributed by atoms with van der Waals surface area (Å²) < 4.78 is 11.7. The van der Waals surface area contributed by atoms with Crippen molar-refractivity contribution in [3.8, 4) is 22.8 Å². The molecule has 1 aromatic carbocycles. The maximum atomic E-state index is 6.07. The van der Waals surface area contributed by atoms with Gasteiger partial charge in [-0.1, -0.05) is 18.2 Å². The van der Waals surface area contributed by atoms with Gasteiger partial charge in [0.05, 0.1) is 6.61 Å². The van der Waals surface area contributed by atoms with Gasteiger partial charge >= 0.3 is 0 Å². The number of anilines is 1. The van der Waals surface area contributed by atoms with Crippen LogP contribution in [0.1, 0.15) is 24.3 Å². The second-order valence-electron chi connectivity index (χ2n) is 6.37. The predicted molar refractivity (Wildman–Crippen MR) is 101 cm³/mol. The molecule has 4 rings (SSSR count). The van der Waals surface area contributed by atoms with Gasteiger partial charge in [-0.3, -0.25) is 0 Å². The Balaban J connectivity index is 1.56. The van der Waals surface area contributed by atoms with Crippen LogP contribution < -0.4 is 10.5 Å². The number of nitrogen functional groups attached to an aromatic ring is 1. The molecule has 1 aliphatic rings. The van der Waals surface area contributed by atoms with Gasteiger partial charge in [-0.05, 0) is 48.7 Å². The molecule has 2 N–H and O–H groups in total. The molecule has 0 radical (unpaired) electrons. The summed E-state index contributed by atoms with van der Waals surface area (Å²) in [4.78, 5) is 8.57. The van der Waals surface area contributed by atoms with Gasteiger partial charge < -0.3 is 15.2 Å². The van der Waals surface area contributed by atoms with Crippen LogP contribution in [0.3, 0.4) is 0 Å². The summed E-state index contributed by atoms with van der Waals surface area (Å²) in [5, 5.41) is 0. The van der Waals surface area contributed by atoms with Gasteiger partial charge in [0.15, 0.2) is 0 Å². The lowest BCUT2D eigenvalue weighted by atomic mass is 9.94. The number of rotatable bonds is 4. The van der Waals surface area contributed by atoms with Crippen molar-refractivity contribution in [1.82, 2.24) is 9.97 Å². The molecule has 0 amide bonds. The van der Waals surface area contributed by atoms with E-state index in [-0.39, 0.29) is 0 Å². The van der Waals surface area contributed by atoms with Crippen LogP contribution in [0.25, 0.3) is 11.1 Å². The van der Waals surface area contributed by atoms with Crippen LogP contribution in [0.15, 0.2) is 60.9 Å². The molecule has 5 nitrogen and oxygen atoms in total. The molecule has 1 atom stereocenters. The van der Waals surface area contributed by atoms with Crippen molar-refractivity contribution < 1.29 is 9.47 Å². The van der Waals surface area contributed by atoms with E-state index >= 15 is 0 Å². The van der Waals surface area contributed by atoms with E-state index in [2.05, 4.69) is 16.0 Å². The number of nitrogens with two attached hydrogens (primary N) is 1. The molecule has 0 saturated carbocycles. The second-order valence-corrected chi connectivity index (χ2v) is 6.37. The largest absolute Gasteiger partial charge is 0.439 e. The van der Waals surface area contributed by atoms with Gasteiger partial charge in [-0.2, -0.15) is 0 Å². The minimum Gasteiger partial charge on any atom is -0.439 e. The van der Waals surface area contributed by atoms with Crippen molar-refractivity contribution >= 4 is 5.82 Å². The van der Waals surface area contributed by atoms with Crippen molar-refractivity contribution in [2.24, 2.45) is 0 Å². The highest BCUT2D eigenvalue weighted by atomic mass is 16.5. The van der Waals surface area contributed by atoms with Crippen molar-refractivity contribution in [1.29, 1.82) is 0 Å². The molecule has 0 spiro atoms. The fourth-order valence-corrected chi connectivity index (χ4v) is 3.26. The Hall–Kier alpha value is -2.92. The Morgan fingerprint density at radius 1 is 1.00 bits per heavy atom. The average molecular weight is 347 g/mol. The van der Waals surface area contributed by atoms with Gasteiger partial charge in [0.1, 0.15) is 11.6 Å². The zero-order valence-electron chi connectivity index (χ0n) is 14.5. The number of nitrogens with zero attached hydrogens (tertiary/aromatic N) is 2. The summed E-state index contributed by atoms with van der Waals surface area (Å²) in [6.07, 6.45) is 5.61. The first-order chi connectivity index (χ1) is 12.8. The van der Waals surface area contributed by atoms with E-state index in [9.17, 15) is 0 Å². The standard InChI is InChI=1S/C21H21N3O2/c22-20-18(5-1-11-23-20)15-7-9-17(10-8-15)26-21-19(6-2-12-24-21)16-4-3-13-25-14-16/h1-2,5-12,16H,3-4,13-14H2,(H2,22,23). The van der Waals surface area contributed by atoms with E-state index in [0.717, 1.165) is 48.5 Å². The Morgan fingerprint density at radius 2 is 1.81 bits per heavy atom. The molecule has 0 bridgehead atoms. The third-order valence-corrected chi connectivity index (χ3v) is 4.62. The van der Waals surface area contributed by atoms with Crippen molar-refractivity contribution in [3.05, 3.63) is 66.5 Å². The molecule has 1 fully saturated rings. The SMILES string of the molecule is Nc1ncccc1-c1ccc(Oc2ncccc2C2CCCOC2)cc1. The maximum Gasteiger partial charge on any atom is 0.222 e. The highest BCUT2D eigenvalue weighted by Gasteiger charge is 2.20. The lowest BCUT2D eigenvalue weighted by molar-refractivity contribution is 0.0797. The minimum atomic E-state index is 0.335. The number of benzene rings is 1. The van der Waals surface area contributed by atoms with Crippen LogP contribution in [0, 0.1) is 0 Å². The molecular weight excluding hydrogens is 326 g/mol. The van der Waals surface area contributed by atoms with E-state index in [0.29, 0.717) is 17.6 Å². The summed E-state index contributed by atoms with van der Waals surface area (Å²) in [6.45, 7) is 1.56. The number of pyridine rings is 2. The molecule has 3 heterocycles. The molecular formula is C21H21N3O2. The molecule has 5 heteroatoms. The molecule has 3 aromatic rings. The molecule has 1 saturated heterocycles. The summed E-state index contributed by atoms with van der Waals surface area (Å²) in [5.41, 5.74) is 8.98. The van der Waals surface area contributed by atoms with Crippen LogP contribution in [-0.2, 0) is 4.74 Å². The lowest BCUT2D eigenvalue weighted by Crippen LogP contribution is -2.16. The first-order valence-corrected chi connectivity index (χ1v) is 8.83. The highest BCUT2D eigenvalue weighted by Crippen LogP contribution is 2.34. The minimum absolute atomic E-state index is 0.335. The van der Waals surface area contributed by atoms with Crippen LogP contribution >= 0.6 is 0 Å². The van der Waals surface area contributed by atoms with Gasteiger partial charge in [0, 0.05) is 36.0 Å². The fraction of sp³-hybridized carbons (Fsp3) is 0.238. The molecule has 0 aliphatic carbocycles. The zero-order chi connectivity index (χ0) is 17.8. The average Bonchev–Trinajstić information content (AvgIpc) is 2.70. The third-order valence-electron chi connectivity index (χ3n) is 4.62. The Bertz CT molecular complexity index is 874. The number of aromatic nitrogens is 2. The predicted octanol–water partition coefficient (Wildman–Crippen LogP) is 4.41. The monoisotopic (exact) mass is 347 g/mol. The smallest absolute Gasteiger partial charge is 0.222 e. The van der Waals surface area contributed by atoms with Crippen LogP contribution in [0.4, 0.5) is 5.82 Å². The highest BCUT2D eigenvalue weighted by molar-refractivity contribution is 5.73. The fourth-order valence-electron chi connectivity index (χ4n) is 3.26. The number of hydrogen-bond acceptors (Lipinski definition) is 5. The Labute approximate surface area is 152 Å². The number of ether oxygens (including phenoxy) is 2. The van der Waals surface area contributed by atoms with Crippen molar-refractivity contribution in [2.45, 2.75) is 18.8 Å². The van der Waals surface area contributed by atoms with Crippen LogP contribution in [0.5, 0.6) is 11.6 Å². The summed E-state index contributed by atoms with van der Waals surface area (Å²) in [6, 6.07) is 15.7. The van der Waals surface area contributed by atoms with Gasteiger partial charge in [-0.25, -0.2) is 9.97 Å². The quantitative estimate of drug-likeness (QED) is 0.757. The van der Waals surface area contributed by atoms with Crippen molar-refractivity contribution in [2.75, 3.05) is 18.9 Å². The third kappa shape index (κ3) is 3.53. The van der Waals surface area contributed by atoms with Crippen LogP contribution in [0.2, 0.25) is 0 Å². The molecule has 2 aromatic heterocycles. The zero-order valence-corrected chi connectivity index (χ0v) is 14.5. The molecule has 132 valence electrons. The van der Waals surface area contributed by atoms with Crippen molar-refractivity contribution in [3.63, 3.8) is 0 Å². The van der Waals surface area contributed by atoms with Crippen LogP contribution in [-0.4, -0.2) is 23.2 Å². The molecule has 1 unspecified atom stereocenters. The normalized spacial score (nSPS) is 17.0. The van der Waals surface area contributed by atoms with E-state index < -0.39 is 0 Å². The van der Waals surface area contributed by atoms with Gasteiger partial charge in [0.2, 0.25) is 5.88 Å². The lowest BCUT2D eigenvalue weighted by Gasteiger charge is -2.23. The first kappa shape index (κ1) is 16.5. The van der Waals surface area contributed by atoms with E-state index in [1.807, 2.05) is 42.5 Å². The molecule has 26 heavy (non-hydrogen) atoms. The maximum absolute atomic E-state index is 6.07. The summed E-state index contributed by atoms with van der Waals surface area (Å²) in [7, 11) is 0. The van der Waals surface area contributed by atoms with Gasteiger partial charge in [-0.15, -0.1) is 0 Å². The molecule has 1 aliphatic heterocycles. The van der Waals surface area contributed by atoms with Gasteiger partial charge in [0.25, 0.3) is 0 Å². The topological polar surface area (TPSA) is 70.3 Å². The summed E-state index contributed by atoms with van der Waals surface area (Å²) in [5.74, 6) is 2.25.